The number of benzene rings is 1. The molecule has 192 valence electrons. The zero-order valence-electron chi connectivity index (χ0n) is 18.9. The first-order valence-corrected chi connectivity index (χ1v) is 13.6. The summed E-state index contributed by atoms with van der Waals surface area (Å²) < 4.78 is 0. The number of thioether (sulfide) groups is 2. The Kier molecular flexibility index (Phi) is 8.11. The van der Waals surface area contributed by atoms with Crippen LogP contribution in [0, 0.1) is 0 Å². The standard InChI is InChI=1S/C24H26N4O5S2.CH4/c29-18(13-34-17-4-2-1-3-5-17)26-19-22(31)28-20(24(32)33)15(12-35-23(19)28)10-14-7-9-27(21(14)30)16-6-8-25-11-16;/h1-5,10,16,19,23,25H,6-9,11-13H2,(H,26,29)(H,32,33);1H4/b14-10+;. The number of fused-ring (bicyclic) bond motifs is 1. The molecule has 3 amide bonds. The van der Waals surface area contributed by atoms with Crippen molar-refractivity contribution in [2.75, 3.05) is 31.1 Å². The van der Waals surface area contributed by atoms with E-state index in [1.807, 2.05) is 35.2 Å². The lowest BCUT2D eigenvalue weighted by Gasteiger charge is -2.49. The Bertz CT molecular complexity index is 1120. The van der Waals surface area contributed by atoms with Gasteiger partial charge in [0.1, 0.15) is 17.1 Å². The first-order valence-electron chi connectivity index (χ1n) is 11.5. The Morgan fingerprint density at radius 2 is 2.03 bits per heavy atom. The molecular formula is C25H30N4O5S2. The molecule has 3 atom stereocenters. The second-order valence-corrected chi connectivity index (χ2v) is 11.0. The maximum Gasteiger partial charge on any atom is 0.352 e. The van der Waals surface area contributed by atoms with Crippen molar-refractivity contribution in [1.82, 2.24) is 20.4 Å². The van der Waals surface area contributed by atoms with E-state index in [0.717, 1.165) is 24.4 Å². The van der Waals surface area contributed by atoms with E-state index < -0.39 is 23.3 Å². The molecule has 3 unspecified atom stereocenters. The fraction of sp³-hybridized carbons (Fsp3) is 0.440. The minimum atomic E-state index is -1.21. The largest absolute Gasteiger partial charge is 0.477 e. The van der Waals surface area contributed by atoms with E-state index >= 15 is 0 Å². The van der Waals surface area contributed by atoms with Gasteiger partial charge in [0.2, 0.25) is 11.8 Å². The summed E-state index contributed by atoms with van der Waals surface area (Å²) in [6, 6.07) is 8.91. The SMILES string of the molecule is C.O=C(CSc1ccccc1)NC1C(=O)N2C(C(=O)O)=C(/C=C3\CCN(C4CCNC4)C3=O)CSC12. The molecule has 3 N–H and O–H groups in total. The van der Waals surface area contributed by atoms with Gasteiger partial charge in [-0.25, -0.2) is 4.79 Å². The number of β-lactam (4-membered cyclic amide) rings is 1. The van der Waals surface area contributed by atoms with Crippen molar-refractivity contribution in [3.05, 3.63) is 53.3 Å². The summed E-state index contributed by atoms with van der Waals surface area (Å²) in [5.74, 6) is -1.46. The number of aliphatic carboxylic acids is 1. The number of carbonyl (C=O) groups is 4. The molecule has 0 aromatic heterocycles. The first kappa shape index (κ1) is 26.3. The van der Waals surface area contributed by atoms with Crippen LogP contribution in [0.1, 0.15) is 20.3 Å². The summed E-state index contributed by atoms with van der Waals surface area (Å²) in [5, 5.41) is 15.5. The summed E-state index contributed by atoms with van der Waals surface area (Å²) in [4.78, 5) is 54.4. The summed E-state index contributed by atoms with van der Waals surface area (Å²) in [6.45, 7) is 2.29. The number of hydrogen-bond donors (Lipinski definition) is 3. The molecule has 0 spiro atoms. The van der Waals surface area contributed by atoms with Crippen LogP contribution in [0.4, 0.5) is 0 Å². The zero-order valence-corrected chi connectivity index (χ0v) is 20.6. The van der Waals surface area contributed by atoms with E-state index in [0.29, 0.717) is 29.9 Å². The van der Waals surface area contributed by atoms with Crippen molar-refractivity contribution in [2.45, 2.75) is 42.6 Å². The van der Waals surface area contributed by atoms with Gasteiger partial charge in [-0.05, 0) is 43.2 Å². The van der Waals surface area contributed by atoms with Crippen LogP contribution in [-0.2, 0) is 19.2 Å². The van der Waals surface area contributed by atoms with Gasteiger partial charge in [-0.1, -0.05) is 25.6 Å². The quantitative estimate of drug-likeness (QED) is 0.277. The number of carboxylic acid groups (broad SMARTS) is 1. The van der Waals surface area contributed by atoms with Crippen LogP contribution in [0.3, 0.4) is 0 Å². The van der Waals surface area contributed by atoms with Crippen LogP contribution in [0.5, 0.6) is 0 Å². The van der Waals surface area contributed by atoms with Gasteiger partial charge in [0, 0.05) is 35.4 Å². The topological polar surface area (TPSA) is 119 Å². The Balaban J connectivity index is 0.00000304. The predicted octanol–water partition coefficient (Wildman–Crippen LogP) is 1.67. The van der Waals surface area contributed by atoms with E-state index in [4.69, 9.17) is 0 Å². The molecule has 1 aromatic rings. The average molecular weight is 531 g/mol. The molecule has 4 heterocycles. The third-order valence-electron chi connectivity index (χ3n) is 6.61. The Morgan fingerprint density at radius 3 is 2.72 bits per heavy atom. The number of carboxylic acids is 1. The van der Waals surface area contributed by atoms with Gasteiger partial charge in [-0.3, -0.25) is 19.3 Å². The molecule has 3 fully saturated rings. The molecule has 1 aromatic carbocycles. The Morgan fingerprint density at radius 1 is 1.25 bits per heavy atom. The lowest BCUT2D eigenvalue weighted by molar-refractivity contribution is -0.150. The Hall–Kier alpha value is -2.76. The van der Waals surface area contributed by atoms with Gasteiger partial charge in [-0.2, -0.15) is 0 Å². The number of amides is 3. The van der Waals surface area contributed by atoms with E-state index in [2.05, 4.69) is 10.6 Å². The van der Waals surface area contributed by atoms with Gasteiger partial charge in [0.05, 0.1) is 5.75 Å². The van der Waals surface area contributed by atoms with Gasteiger partial charge < -0.3 is 20.6 Å². The number of carbonyl (C=O) groups excluding carboxylic acids is 3. The molecule has 5 rings (SSSR count). The number of likely N-dealkylation sites (tertiary alicyclic amines) is 1. The highest BCUT2D eigenvalue weighted by Gasteiger charge is 2.54. The van der Waals surface area contributed by atoms with Gasteiger partial charge in [0.15, 0.2) is 0 Å². The molecule has 4 aliphatic rings. The zero-order chi connectivity index (χ0) is 24.5. The molecule has 4 aliphatic heterocycles. The molecule has 0 aliphatic carbocycles. The summed E-state index contributed by atoms with van der Waals surface area (Å²) in [7, 11) is 0. The summed E-state index contributed by atoms with van der Waals surface area (Å²) in [6.07, 6.45) is 3.14. The maximum absolute atomic E-state index is 12.9. The lowest BCUT2D eigenvalue weighted by Crippen LogP contribution is -2.70. The molecule has 36 heavy (non-hydrogen) atoms. The van der Waals surface area contributed by atoms with Crippen molar-refractivity contribution >= 4 is 47.2 Å². The second-order valence-electron chi connectivity index (χ2n) is 8.80. The minimum absolute atomic E-state index is 0. The van der Waals surface area contributed by atoms with Crippen LogP contribution < -0.4 is 10.6 Å². The minimum Gasteiger partial charge on any atom is -0.477 e. The van der Waals surface area contributed by atoms with E-state index in [1.165, 1.54) is 28.4 Å². The van der Waals surface area contributed by atoms with Crippen LogP contribution in [0.15, 0.2) is 58.1 Å². The van der Waals surface area contributed by atoms with E-state index in [1.54, 1.807) is 6.08 Å². The van der Waals surface area contributed by atoms with E-state index in [-0.39, 0.29) is 36.7 Å². The number of allylic oxidation sites excluding steroid dienone is 1. The van der Waals surface area contributed by atoms with Gasteiger partial charge in [0.25, 0.3) is 5.91 Å². The fourth-order valence-electron chi connectivity index (χ4n) is 4.87. The number of rotatable bonds is 7. The number of nitrogens with zero attached hydrogens (tertiary/aromatic N) is 2. The number of nitrogens with one attached hydrogen (secondary N) is 2. The van der Waals surface area contributed by atoms with E-state index in [9.17, 15) is 24.3 Å². The second kappa shape index (κ2) is 11.1. The Labute approximate surface area is 218 Å². The molecular weight excluding hydrogens is 500 g/mol. The van der Waals surface area contributed by atoms with Crippen molar-refractivity contribution in [2.24, 2.45) is 0 Å². The normalized spacial score (nSPS) is 26.6. The van der Waals surface area contributed by atoms with Crippen LogP contribution in [-0.4, -0.2) is 87.2 Å². The van der Waals surface area contributed by atoms with Crippen molar-refractivity contribution in [3.63, 3.8) is 0 Å². The highest BCUT2D eigenvalue weighted by molar-refractivity contribution is 8.00. The average Bonchev–Trinajstić information content (AvgIpc) is 3.51. The molecule has 0 bridgehead atoms. The van der Waals surface area contributed by atoms with Crippen molar-refractivity contribution in [1.29, 1.82) is 0 Å². The predicted molar refractivity (Wildman–Crippen MR) is 139 cm³/mol. The molecule has 0 radical (unpaired) electrons. The summed E-state index contributed by atoms with van der Waals surface area (Å²) >= 11 is 2.78. The fourth-order valence-corrected chi connectivity index (χ4v) is 6.90. The smallest absolute Gasteiger partial charge is 0.352 e. The van der Waals surface area contributed by atoms with Gasteiger partial charge in [-0.15, -0.1) is 23.5 Å². The van der Waals surface area contributed by atoms with Crippen molar-refractivity contribution in [3.8, 4) is 0 Å². The number of hydrogen-bond acceptors (Lipinski definition) is 7. The highest BCUT2D eigenvalue weighted by atomic mass is 32.2. The molecule has 3 saturated heterocycles. The lowest BCUT2D eigenvalue weighted by atomic mass is 10.0. The maximum atomic E-state index is 12.9. The van der Waals surface area contributed by atoms with Crippen LogP contribution in [0.2, 0.25) is 0 Å². The molecule has 9 nitrogen and oxygen atoms in total. The highest BCUT2D eigenvalue weighted by Crippen LogP contribution is 2.41. The third kappa shape index (κ3) is 5.05. The summed E-state index contributed by atoms with van der Waals surface area (Å²) in [5.41, 5.74) is 0.955. The first-order chi connectivity index (χ1) is 16.9. The monoisotopic (exact) mass is 530 g/mol. The van der Waals surface area contributed by atoms with Crippen LogP contribution in [0.25, 0.3) is 0 Å². The van der Waals surface area contributed by atoms with Crippen LogP contribution >= 0.6 is 23.5 Å². The van der Waals surface area contributed by atoms with Crippen molar-refractivity contribution < 1.29 is 24.3 Å². The third-order valence-corrected chi connectivity index (χ3v) is 8.93. The molecule has 11 heteroatoms. The van der Waals surface area contributed by atoms with Gasteiger partial charge >= 0.3 is 5.97 Å². The molecule has 0 saturated carbocycles.